The normalized spacial score (nSPS) is 20.2. The van der Waals surface area contributed by atoms with Crippen molar-refractivity contribution >= 4 is 11.6 Å². The zero-order valence-corrected chi connectivity index (χ0v) is 14.2. The van der Waals surface area contributed by atoms with E-state index in [1.165, 1.54) is 6.33 Å². The molecule has 1 N–H and O–H groups in total. The van der Waals surface area contributed by atoms with E-state index in [-0.39, 0.29) is 17.9 Å². The molecule has 1 aliphatic rings. The highest BCUT2D eigenvalue weighted by Gasteiger charge is 2.33. The summed E-state index contributed by atoms with van der Waals surface area (Å²) in [6.45, 7) is 3.15. The minimum atomic E-state index is -0.0840. The molecule has 1 saturated heterocycles. The second-order valence-corrected chi connectivity index (χ2v) is 6.40. The van der Waals surface area contributed by atoms with Crippen molar-refractivity contribution in [2.24, 2.45) is 0 Å². The summed E-state index contributed by atoms with van der Waals surface area (Å²) in [5.41, 5.74) is 2.43. The zero-order valence-electron chi connectivity index (χ0n) is 14.2. The highest BCUT2D eigenvalue weighted by atomic mass is 16.5. The van der Waals surface area contributed by atoms with Crippen LogP contribution in [0.15, 0.2) is 30.9 Å². The molecular formula is C17H20N6O2. The summed E-state index contributed by atoms with van der Waals surface area (Å²) in [6.07, 6.45) is 5.96. The average Bonchev–Trinajstić information content (AvgIpc) is 3.35. The van der Waals surface area contributed by atoms with Gasteiger partial charge in [-0.25, -0.2) is 9.97 Å². The predicted octanol–water partition coefficient (Wildman–Crippen LogP) is 1.41. The number of carbonyl (C=O) groups excluding carboxylic acids is 1. The van der Waals surface area contributed by atoms with Crippen LogP contribution in [0.2, 0.25) is 0 Å². The molecule has 0 aliphatic carbocycles. The lowest BCUT2D eigenvalue weighted by Crippen LogP contribution is -2.36. The number of ether oxygens (including phenoxy) is 1. The van der Waals surface area contributed by atoms with Gasteiger partial charge < -0.3 is 14.0 Å². The molecule has 0 spiro atoms. The van der Waals surface area contributed by atoms with E-state index in [4.69, 9.17) is 4.74 Å². The summed E-state index contributed by atoms with van der Waals surface area (Å²) in [7, 11) is 1.79. The van der Waals surface area contributed by atoms with Crippen molar-refractivity contribution in [3.05, 3.63) is 47.9 Å². The van der Waals surface area contributed by atoms with Gasteiger partial charge in [-0.1, -0.05) is 0 Å². The average molecular weight is 340 g/mol. The van der Waals surface area contributed by atoms with Crippen LogP contribution in [0.3, 0.4) is 0 Å². The molecule has 4 heterocycles. The van der Waals surface area contributed by atoms with Crippen LogP contribution in [0, 0.1) is 6.92 Å². The Morgan fingerprint density at radius 1 is 1.48 bits per heavy atom. The minimum absolute atomic E-state index is 0.0463. The second-order valence-electron chi connectivity index (χ2n) is 6.40. The van der Waals surface area contributed by atoms with Crippen molar-refractivity contribution in [2.75, 3.05) is 20.2 Å². The third kappa shape index (κ3) is 2.89. The number of nitrogens with zero attached hydrogens (tertiary/aromatic N) is 5. The van der Waals surface area contributed by atoms with Crippen molar-refractivity contribution in [2.45, 2.75) is 25.4 Å². The first-order valence-electron chi connectivity index (χ1n) is 8.29. The number of aromatic nitrogens is 5. The van der Waals surface area contributed by atoms with Gasteiger partial charge >= 0.3 is 0 Å². The summed E-state index contributed by atoms with van der Waals surface area (Å²) in [5, 5.41) is 6.82. The zero-order chi connectivity index (χ0) is 17.4. The van der Waals surface area contributed by atoms with Crippen molar-refractivity contribution < 1.29 is 9.53 Å². The molecule has 1 fully saturated rings. The number of amides is 1. The Hall–Kier alpha value is -2.74. The Morgan fingerprint density at radius 3 is 3.16 bits per heavy atom. The molecule has 0 aromatic carbocycles. The van der Waals surface area contributed by atoms with Crippen molar-refractivity contribution in [3.8, 4) is 0 Å². The van der Waals surface area contributed by atoms with Gasteiger partial charge in [-0.3, -0.25) is 9.89 Å². The van der Waals surface area contributed by atoms with Gasteiger partial charge in [0.15, 0.2) is 0 Å². The van der Waals surface area contributed by atoms with Crippen LogP contribution in [-0.4, -0.2) is 61.7 Å². The van der Waals surface area contributed by atoms with E-state index in [2.05, 4.69) is 20.2 Å². The third-order valence-corrected chi connectivity index (χ3v) is 4.74. The number of hydrogen-bond donors (Lipinski definition) is 1. The standard InChI is InChI=1S/C17H20N6O2/c1-11-8-18-15-7-12(3-5-23(11)15)17(24)22(2)9-14-13(4-6-25-14)16-19-10-20-21-16/h3,5,7-8,10,13-14H,4,6,9H2,1-2H3,(H,19,20,21)/t13-,14-/m1/s1. The van der Waals surface area contributed by atoms with E-state index >= 15 is 0 Å². The lowest BCUT2D eigenvalue weighted by atomic mass is 10.0. The molecule has 3 aromatic rings. The number of H-pyrrole nitrogens is 1. The molecule has 130 valence electrons. The fourth-order valence-corrected chi connectivity index (χ4v) is 3.35. The topological polar surface area (TPSA) is 88.4 Å². The van der Waals surface area contributed by atoms with Gasteiger partial charge in [0.25, 0.3) is 5.91 Å². The highest BCUT2D eigenvalue weighted by molar-refractivity contribution is 5.94. The number of imidazole rings is 1. The first kappa shape index (κ1) is 15.8. The molecule has 0 bridgehead atoms. The van der Waals surface area contributed by atoms with Gasteiger partial charge in [0, 0.05) is 49.8 Å². The summed E-state index contributed by atoms with van der Waals surface area (Å²) in [4.78, 5) is 23.0. The quantitative estimate of drug-likeness (QED) is 0.776. The number of nitrogens with one attached hydrogen (secondary N) is 1. The first-order valence-corrected chi connectivity index (χ1v) is 8.29. The van der Waals surface area contributed by atoms with Gasteiger partial charge in [-0.2, -0.15) is 5.10 Å². The maximum absolute atomic E-state index is 12.8. The van der Waals surface area contributed by atoms with Gasteiger partial charge in [0.05, 0.1) is 6.10 Å². The Morgan fingerprint density at radius 2 is 2.36 bits per heavy atom. The van der Waals surface area contributed by atoms with Crippen LogP contribution in [0.4, 0.5) is 0 Å². The smallest absolute Gasteiger partial charge is 0.253 e. The molecule has 0 radical (unpaired) electrons. The Bertz CT molecular complexity index is 888. The molecule has 3 aromatic heterocycles. The summed E-state index contributed by atoms with van der Waals surface area (Å²) in [6, 6.07) is 3.64. The molecule has 1 aliphatic heterocycles. The summed E-state index contributed by atoms with van der Waals surface area (Å²) < 4.78 is 7.78. The SMILES string of the molecule is Cc1cnc2cc(C(=O)N(C)C[C@H]3OCC[C@H]3c3ncn[nH]3)ccn12. The van der Waals surface area contributed by atoms with Crippen LogP contribution in [0.5, 0.6) is 0 Å². The predicted molar refractivity (Wildman–Crippen MR) is 90.4 cm³/mol. The lowest BCUT2D eigenvalue weighted by molar-refractivity contribution is 0.0550. The summed E-state index contributed by atoms with van der Waals surface area (Å²) in [5.74, 6) is 0.905. The van der Waals surface area contributed by atoms with Crippen molar-refractivity contribution in [1.29, 1.82) is 0 Å². The third-order valence-electron chi connectivity index (χ3n) is 4.74. The minimum Gasteiger partial charge on any atom is -0.376 e. The number of aryl methyl sites for hydroxylation is 1. The molecule has 8 heteroatoms. The maximum atomic E-state index is 12.8. The van der Waals surface area contributed by atoms with E-state index in [9.17, 15) is 4.79 Å². The lowest BCUT2D eigenvalue weighted by Gasteiger charge is -2.24. The Balaban J connectivity index is 1.49. The molecule has 1 amide bonds. The van der Waals surface area contributed by atoms with Gasteiger partial charge in [-0.05, 0) is 25.5 Å². The van der Waals surface area contributed by atoms with Gasteiger partial charge in [-0.15, -0.1) is 0 Å². The largest absolute Gasteiger partial charge is 0.376 e. The Labute approximate surface area is 144 Å². The summed E-state index contributed by atoms with van der Waals surface area (Å²) >= 11 is 0. The molecule has 0 unspecified atom stereocenters. The molecule has 4 rings (SSSR count). The molecule has 8 nitrogen and oxygen atoms in total. The van der Waals surface area contributed by atoms with Crippen LogP contribution in [0.1, 0.15) is 34.2 Å². The van der Waals surface area contributed by atoms with Crippen LogP contribution in [-0.2, 0) is 4.74 Å². The Kier molecular flexibility index (Phi) is 3.96. The fourth-order valence-electron chi connectivity index (χ4n) is 3.35. The molecule has 2 atom stereocenters. The second kappa shape index (κ2) is 6.29. The van der Waals surface area contributed by atoms with E-state index in [0.29, 0.717) is 18.7 Å². The van der Waals surface area contributed by atoms with Crippen LogP contribution >= 0.6 is 0 Å². The van der Waals surface area contributed by atoms with E-state index in [0.717, 1.165) is 23.6 Å². The maximum Gasteiger partial charge on any atom is 0.253 e. The first-order chi connectivity index (χ1) is 12.1. The van der Waals surface area contributed by atoms with E-state index in [1.54, 1.807) is 18.1 Å². The van der Waals surface area contributed by atoms with Gasteiger partial charge in [0.2, 0.25) is 0 Å². The number of aromatic amines is 1. The number of likely N-dealkylation sites (N-methyl/N-ethyl adjacent to an activating group) is 1. The number of pyridine rings is 1. The monoisotopic (exact) mass is 340 g/mol. The molecular weight excluding hydrogens is 320 g/mol. The number of fused-ring (bicyclic) bond motifs is 1. The van der Waals surface area contributed by atoms with Crippen LogP contribution in [0.25, 0.3) is 5.65 Å². The van der Waals surface area contributed by atoms with E-state index in [1.807, 2.05) is 29.7 Å². The number of rotatable bonds is 4. The molecule has 0 saturated carbocycles. The number of carbonyl (C=O) groups is 1. The highest BCUT2D eigenvalue weighted by Crippen LogP contribution is 2.29. The molecule has 25 heavy (non-hydrogen) atoms. The van der Waals surface area contributed by atoms with Crippen LogP contribution < -0.4 is 0 Å². The fraction of sp³-hybridized carbons (Fsp3) is 0.412. The van der Waals surface area contributed by atoms with Crippen molar-refractivity contribution in [1.82, 2.24) is 29.5 Å². The van der Waals surface area contributed by atoms with Gasteiger partial charge in [0.1, 0.15) is 17.8 Å². The van der Waals surface area contributed by atoms with E-state index < -0.39 is 0 Å². The van der Waals surface area contributed by atoms with Crippen molar-refractivity contribution in [3.63, 3.8) is 0 Å². The number of hydrogen-bond acceptors (Lipinski definition) is 5.